The van der Waals surface area contributed by atoms with E-state index in [4.69, 9.17) is 5.53 Å². The number of rotatable bonds is 6. The average Bonchev–Trinajstić information content (AvgIpc) is 2.27. The van der Waals surface area contributed by atoms with Crippen LogP contribution in [0.3, 0.4) is 0 Å². The van der Waals surface area contributed by atoms with Crippen molar-refractivity contribution in [1.29, 1.82) is 0 Å². The smallest absolute Gasteiger partial charge is 0.0398 e. The number of likely N-dealkylation sites (tertiary alicyclic amines) is 1. The van der Waals surface area contributed by atoms with E-state index in [1.54, 1.807) is 0 Å². The van der Waals surface area contributed by atoms with Gasteiger partial charge in [-0.2, -0.15) is 0 Å². The highest BCUT2D eigenvalue weighted by molar-refractivity contribution is 4.77. The van der Waals surface area contributed by atoms with Gasteiger partial charge in [-0.1, -0.05) is 5.11 Å². The fraction of sp³-hybridized carbons (Fsp3) is 1.00. The summed E-state index contributed by atoms with van der Waals surface area (Å²) in [6, 6.07) is 0.239. The van der Waals surface area contributed by atoms with E-state index < -0.39 is 0 Å². The molecule has 0 spiro atoms. The maximum atomic E-state index is 8.32. The number of unbranched alkanes of at least 4 members (excludes halogenated alkanes) is 1. The van der Waals surface area contributed by atoms with Crippen molar-refractivity contribution in [3.8, 4) is 0 Å². The van der Waals surface area contributed by atoms with E-state index in [1.165, 1.54) is 19.4 Å². The molecule has 0 radical (unpaired) electrons. The molecule has 0 bridgehead atoms. The first-order valence-electron chi connectivity index (χ1n) is 5.78. The molecule has 1 aliphatic rings. The Morgan fingerprint density at radius 2 is 2.13 bits per heavy atom. The highest BCUT2D eigenvalue weighted by Gasteiger charge is 2.16. The molecular formula is C10H21N5. The molecule has 1 N–H and O–H groups in total. The van der Waals surface area contributed by atoms with E-state index in [-0.39, 0.29) is 6.04 Å². The van der Waals surface area contributed by atoms with Crippen molar-refractivity contribution in [2.45, 2.75) is 31.7 Å². The molecule has 0 aromatic heterocycles. The minimum Gasteiger partial charge on any atom is -0.320 e. The molecule has 1 saturated heterocycles. The normalized spacial score (nSPS) is 18.7. The summed E-state index contributed by atoms with van der Waals surface area (Å²) in [5, 5.41) is 6.93. The Labute approximate surface area is 91.5 Å². The summed E-state index contributed by atoms with van der Waals surface area (Å²) in [5.41, 5.74) is 8.32. The van der Waals surface area contributed by atoms with Gasteiger partial charge in [-0.05, 0) is 64.4 Å². The van der Waals surface area contributed by atoms with E-state index in [0.29, 0.717) is 0 Å². The Balaban J connectivity index is 2.06. The van der Waals surface area contributed by atoms with Crippen LogP contribution >= 0.6 is 0 Å². The average molecular weight is 211 g/mol. The topological polar surface area (TPSA) is 64.0 Å². The number of nitrogens with zero attached hydrogens (tertiary/aromatic N) is 4. The van der Waals surface area contributed by atoms with E-state index in [1.807, 2.05) is 7.05 Å². The number of azide groups is 1. The highest BCUT2D eigenvalue weighted by atomic mass is 15.2. The van der Waals surface area contributed by atoms with Crippen molar-refractivity contribution < 1.29 is 0 Å². The molecule has 5 nitrogen and oxygen atoms in total. The van der Waals surface area contributed by atoms with Crippen LogP contribution in [-0.4, -0.2) is 44.2 Å². The molecule has 0 unspecified atom stereocenters. The highest BCUT2D eigenvalue weighted by Crippen LogP contribution is 2.13. The lowest BCUT2D eigenvalue weighted by Crippen LogP contribution is -2.35. The maximum Gasteiger partial charge on any atom is 0.0398 e. The maximum absolute atomic E-state index is 8.32. The zero-order valence-electron chi connectivity index (χ0n) is 9.52. The van der Waals surface area contributed by atoms with Gasteiger partial charge in [0.2, 0.25) is 0 Å². The quantitative estimate of drug-likeness (QED) is 0.315. The number of hydrogen-bond donors (Lipinski definition) is 1. The van der Waals surface area contributed by atoms with Gasteiger partial charge in [0, 0.05) is 11.0 Å². The molecule has 1 heterocycles. The van der Waals surface area contributed by atoms with Crippen molar-refractivity contribution in [1.82, 2.24) is 10.2 Å². The molecule has 5 heteroatoms. The Morgan fingerprint density at radius 3 is 2.73 bits per heavy atom. The molecule has 1 aliphatic heterocycles. The predicted octanol–water partition coefficient (Wildman–Crippen LogP) is 1.76. The van der Waals surface area contributed by atoms with Gasteiger partial charge >= 0.3 is 0 Å². The van der Waals surface area contributed by atoms with Gasteiger partial charge in [0.05, 0.1) is 0 Å². The zero-order valence-corrected chi connectivity index (χ0v) is 9.52. The van der Waals surface area contributed by atoms with Gasteiger partial charge in [0.15, 0.2) is 0 Å². The van der Waals surface area contributed by atoms with E-state index in [2.05, 4.69) is 20.2 Å². The molecule has 15 heavy (non-hydrogen) atoms. The van der Waals surface area contributed by atoms with Crippen molar-refractivity contribution in [3.63, 3.8) is 0 Å². The molecule has 86 valence electrons. The monoisotopic (exact) mass is 211 g/mol. The Kier molecular flexibility index (Phi) is 6.16. The van der Waals surface area contributed by atoms with Crippen LogP contribution in [0.4, 0.5) is 0 Å². The van der Waals surface area contributed by atoms with Crippen LogP contribution in [0, 0.1) is 0 Å². The van der Waals surface area contributed by atoms with Crippen molar-refractivity contribution in [3.05, 3.63) is 10.4 Å². The molecule has 0 aromatic carbocycles. The summed E-state index contributed by atoms with van der Waals surface area (Å²) >= 11 is 0. The largest absolute Gasteiger partial charge is 0.320 e. The molecule has 1 fully saturated rings. The summed E-state index contributed by atoms with van der Waals surface area (Å²) in [4.78, 5) is 5.34. The van der Waals surface area contributed by atoms with Crippen molar-refractivity contribution in [2.75, 3.05) is 33.2 Å². The predicted molar refractivity (Wildman–Crippen MR) is 61.8 cm³/mol. The van der Waals surface area contributed by atoms with E-state index >= 15 is 0 Å². The second kappa shape index (κ2) is 7.51. The van der Waals surface area contributed by atoms with Crippen LogP contribution in [0.2, 0.25) is 0 Å². The van der Waals surface area contributed by atoms with Gasteiger partial charge in [-0.15, -0.1) is 0 Å². The second-order valence-electron chi connectivity index (χ2n) is 4.09. The Morgan fingerprint density at radius 1 is 1.40 bits per heavy atom. The summed E-state index contributed by atoms with van der Waals surface area (Å²) in [7, 11) is 1.99. The van der Waals surface area contributed by atoms with Gasteiger partial charge in [-0.25, -0.2) is 0 Å². The van der Waals surface area contributed by atoms with Crippen LogP contribution < -0.4 is 5.32 Å². The van der Waals surface area contributed by atoms with Crippen LogP contribution in [-0.2, 0) is 0 Å². The van der Waals surface area contributed by atoms with Crippen LogP contribution in [0.5, 0.6) is 0 Å². The molecule has 0 atom stereocenters. The van der Waals surface area contributed by atoms with Gasteiger partial charge in [0.25, 0.3) is 0 Å². The molecule has 0 aliphatic carbocycles. The third kappa shape index (κ3) is 5.02. The first kappa shape index (κ1) is 12.3. The zero-order chi connectivity index (χ0) is 10.9. The van der Waals surface area contributed by atoms with Crippen molar-refractivity contribution >= 4 is 0 Å². The summed E-state index contributed by atoms with van der Waals surface area (Å²) in [6.45, 7) is 4.46. The van der Waals surface area contributed by atoms with Gasteiger partial charge in [0.1, 0.15) is 0 Å². The fourth-order valence-corrected chi connectivity index (χ4v) is 1.97. The van der Waals surface area contributed by atoms with E-state index in [0.717, 1.165) is 32.5 Å². The minimum absolute atomic E-state index is 0.239. The van der Waals surface area contributed by atoms with Gasteiger partial charge in [-0.3, -0.25) is 0 Å². The Hall–Kier alpha value is -0.770. The van der Waals surface area contributed by atoms with Gasteiger partial charge < -0.3 is 10.2 Å². The molecule has 0 aromatic rings. The first-order valence-corrected chi connectivity index (χ1v) is 5.78. The molecule has 0 amide bonds. The standard InChI is InChI=1S/C10H21N5/c1-12-6-2-3-7-15-8-4-10(5-9-15)13-14-11/h10,12H,2-9H2,1H3. The third-order valence-electron chi connectivity index (χ3n) is 2.92. The minimum atomic E-state index is 0.239. The summed E-state index contributed by atoms with van der Waals surface area (Å²) in [6.07, 6.45) is 4.55. The van der Waals surface area contributed by atoms with Crippen LogP contribution in [0.25, 0.3) is 10.4 Å². The number of nitrogens with one attached hydrogen (secondary N) is 1. The summed E-state index contributed by atoms with van der Waals surface area (Å²) < 4.78 is 0. The van der Waals surface area contributed by atoms with Crippen LogP contribution in [0.1, 0.15) is 25.7 Å². The first-order chi connectivity index (χ1) is 7.36. The summed E-state index contributed by atoms with van der Waals surface area (Å²) in [5.74, 6) is 0. The fourth-order valence-electron chi connectivity index (χ4n) is 1.97. The molecular weight excluding hydrogens is 190 g/mol. The van der Waals surface area contributed by atoms with E-state index in [9.17, 15) is 0 Å². The second-order valence-corrected chi connectivity index (χ2v) is 4.09. The lowest BCUT2D eigenvalue weighted by atomic mass is 10.1. The number of hydrogen-bond acceptors (Lipinski definition) is 3. The Bertz CT molecular complexity index is 204. The molecule has 0 saturated carbocycles. The lowest BCUT2D eigenvalue weighted by molar-refractivity contribution is 0.210. The molecule has 1 rings (SSSR count). The third-order valence-corrected chi connectivity index (χ3v) is 2.92. The number of piperidine rings is 1. The van der Waals surface area contributed by atoms with Crippen LogP contribution in [0.15, 0.2) is 5.11 Å². The lowest BCUT2D eigenvalue weighted by Gasteiger charge is -2.29. The van der Waals surface area contributed by atoms with Crippen molar-refractivity contribution in [2.24, 2.45) is 5.11 Å². The SMILES string of the molecule is CNCCCCN1CCC(N=[N+]=[N-])CC1.